The molecule has 7 aromatic rings. The summed E-state index contributed by atoms with van der Waals surface area (Å²) in [6.45, 7) is 14.2. The lowest BCUT2D eigenvalue weighted by Gasteiger charge is -2.25. The van der Waals surface area contributed by atoms with E-state index in [2.05, 4.69) is 16.5 Å². The average molecular weight is 982 g/mol. The third-order valence-electron chi connectivity index (χ3n) is 10.4. The molecule has 68 heavy (non-hydrogen) atoms. The van der Waals surface area contributed by atoms with Gasteiger partial charge in [-0.1, -0.05) is 78.9 Å². The first-order chi connectivity index (χ1) is 32.4. The molecule has 2 heterocycles. The number of aryl methyl sites for hydroxylation is 1. The lowest BCUT2D eigenvalue weighted by atomic mass is 9.96. The molecule has 0 spiro atoms. The van der Waals surface area contributed by atoms with E-state index in [0.717, 1.165) is 11.1 Å². The average Bonchev–Trinajstić information content (AvgIpc) is 3.69. The molecule has 0 bridgehead atoms. The van der Waals surface area contributed by atoms with Gasteiger partial charge >= 0.3 is 5.97 Å². The number of carbonyl (C=O) groups is 1. The molecule has 2 aromatic heterocycles. The van der Waals surface area contributed by atoms with E-state index in [1.165, 1.54) is 54.1 Å². The third kappa shape index (κ3) is 11.9. The maximum atomic E-state index is 14.4. The summed E-state index contributed by atoms with van der Waals surface area (Å²) in [6.07, 6.45) is 0.727. The van der Waals surface area contributed by atoms with E-state index in [9.17, 15) is 22.7 Å². The predicted octanol–water partition coefficient (Wildman–Crippen LogP) is 11.8. The second-order valence-corrected chi connectivity index (χ2v) is 19.8. The number of aromatic nitrogens is 2. The Hall–Kier alpha value is -6.52. The van der Waals surface area contributed by atoms with Crippen LogP contribution >= 0.6 is 22.9 Å². The fraction of sp³-hybridized carbons (Fsp3) is 0.250. The van der Waals surface area contributed by atoms with Crippen molar-refractivity contribution in [2.24, 2.45) is 0 Å². The molecule has 0 fully saturated rings. The largest absolute Gasteiger partial charge is 0.508 e. The van der Waals surface area contributed by atoms with Crippen LogP contribution in [0.15, 0.2) is 127 Å². The lowest BCUT2D eigenvalue weighted by molar-refractivity contribution is -0.163. The molecule has 0 aliphatic carbocycles. The highest BCUT2D eigenvalue weighted by molar-refractivity contribution is 7.86. The van der Waals surface area contributed by atoms with Crippen molar-refractivity contribution in [1.29, 1.82) is 0 Å². The van der Waals surface area contributed by atoms with Crippen molar-refractivity contribution >= 4 is 49.2 Å². The summed E-state index contributed by atoms with van der Waals surface area (Å²) in [5.74, 6) is -0.0280. The van der Waals surface area contributed by atoms with E-state index in [0.29, 0.717) is 54.4 Å². The molecule has 0 amide bonds. The fourth-order valence-corrected chi connectivity index (χ4v) is 9.46. The number of aromatic hydroxyl groups is 1. The topological polar surface area (TPSA) is 153 Å². The van der Waals surface area contributed by atoms with Crippen LogP contribution in [-0.4, -0.2) is 60.5 Å². The van der Waals surface area contributed by atoms with Crippen molar-refractivity contribution in [2.45, 2.75) is 77.3 Å². The maximum Gasteiger partial charge on any atom is 0.348 e. The summed E-state index contributed by atoms with van der Waals surface area (Å²) in [5.41, 5.74) is 3.69. The number of hydrogen-bond acceptors (Lipinski definition) is 13. The number of ether oxygens (including phenoxy) is 5. The van der Waals surface area contributed by atoms with Gasteiger partial charge < -0.3 is 28.8 Å². The number of halogens is 2. The molecule has 0 aliphatic heterocycles. The van der Waals surface area contributed by atoms with Crippen LogP contribution in [0, 0.1) is 19.7 Å². The Balaban J connectivity index is 1.23. The Kier molecular flexibility index (Phi) is 15.4. The van der Waals surface area contributed by atoms with Gasteiger partial charge in [-0.05, 0) is 112 Å². The zero-order valence-corrected chi connectivity index (χ0v) is 40.6. The number of nitrogens with zero attached hydrogens (tertiary/aromatic N) is 2. The summed E-state index contributed by atoms with van der Waals surface area (Å²) in [4.78, 5) is 24.4. The first-order valence-electron chi connectivity index (χ1n) is 21.5. The van der Waals surface area contributed by atoms with Crippen LogP contribution in [0.4, 0.5) is 4.39 Å². The Bertz CT molecular complexity index is 3050. The van der Waals surface area contributed by atoms with Gasteiger partial charge in [0.25, 0.3) is 10.1 Å². The Morgan fingerprint density at radius 1 is 0.912 bits per heavy atom. The number of thiophene rings is 1. The molecule has 2 atom stereocenters. The van der Waals surface area contributed by atoms with Crippen LogP contribution in [0.2, 0.25) is 5.02 Å². The van der Waals surface area contributed by atoms with Crippen molar-refractivity contribution in [3.8, 4) is 50.4 Å². The first kappa shape index (κ1) is 49.4. The third-order valence-corrected chi connectivity index (χ3v) is 13.3. The Labute approximate surface area is 404 Å². The van der Waals surface area contributed by atoms with Crippen molar-refractivity contribution in [3.63, 3.8) is 0 Å². The highest BCUT2D eigenvalue weighted by Gasteiger charge is 2.32. The minimum atomic E-state index is -4.20. The van der Waals surface area contributed by atoms with Crippen molar-refractivity contribution in [2.75, 3.05) is 13.2 Å². The van der Waals surface area contributed by atoms with Crippen LogP contribution < -0.4 is 18.9 Å². The molecule has 354 valence electrons. The summed E-state index contributed by atoms with van der Waals surface area (Å²) in [7, 11) is -4.20. The van der Waals surface area contributed by atoms with Crippen LogP contribution in [0.25, 0.3) is 31.8 Å². The van der Waals surface area contributed by atoms with E-state index in [1.54, 1.807) is 84.0 Å². The number of phenols is 1. The predicted molar refractivity (Wildman–Crippen MR) is 261 cm³/mol. The smallest absolute Gasteiger partial charge is 0.348 e. The molecular formula is C52H50ClFN2O10S2. The minimum Gasteiger partial charge on any atom is -0.508 e. The van der Waals surface area contributed by atoms with Gasteiger partial charge in [-0.25, -0.2) is 19.2 Å². The second-order valence-electron chi connectivity index (χ2n) is 16.8. The standard InChI is InChI=1S/C52H50ClFN2O10S2/c1-8-24-61-43-27-39(20-14-31(43)2)68(59,60)63-28-32(3)64-42-23-21-40(33(4)47(42)53)45-46-49(55-30-56-50(46)67-48(45)35-15-17-37(54)18-16-35)65-44(51(58)66-52(5,6)7)26-36-25-38(57)19-22-41(36)62-29-34-12-10-9-11-13-34/h8-23,25,27,30,32,44,57H,1,24,26,28-29H2,2-7H3/t32-,44?/m1/s1. The molecule has 5 aromatic carbocycles. The van der Waals surface area contributed by atoms with Crippen LogP contribution in [0.3, 0.4) is 0 Å². The van der Waals surface area contributed by atoms with Gasteiger partial charge in [0.1, 0.15) is 71.5 Å². The van der Waals surface area contributed by atoms with Gasteiger partial charge in [0.05, 0.1) is 15.3 Å². The summed E-state index contributed by atoms with van der Waals surface area (Å²) < 4.78 is 76.7. The Morgan fingerprint density at radius 2 is 1.65 bits per heavy atom. The molecule has 0 aliphatic rings. The lowest BCUT2D eigenvalue weighted by Crippen LogP contribution is -2.37. The molecular weight excluding hydrogens is 931 g/mol. The first-order valence-corrected chi connectivity index (χ1v) is 24.1. The highest BCUT2D eigenvalue weighted by atomic mass is 35.5. The number of esters is 1. The SMILES string of the molecule is C=CCOc1cc(S(=O)(=O)OC[C@@H](C)Oc2ccc(-c3c(-c4ccc(F)cc4)sc4ncnc(OC(Cc5cc(O)ccc5OCc5ccccc5)C(=O)OC(C)(C)C)c34)c(C)c2Cl)ccc1C. The number of phenolic OH excluding ortho intramolecular Hbond substituents is 1. The maximum absolute atomic E-state index is 14.4. The molecule has 0 saturated carbocycles. The summed E-state index contributed by atoms with van der Waals surface area (Å²) in [6, 6.07) is 28.2. The van der Waals surface area contributed by atoms with E-state index in [4.69, 9.17) is 39.5 Å². The van der Waals surface area contributed by atoms with Gasteiger partial charge in [0, 0.05) is 28.5 Å². The zero-order valence-electron chi connectivity index (χ0n) is 38.2. The van der Waals surface area contributed by atoms with E-state index < -0.39 is 39.7 Å². The fourth-order valence-electron chi connectivity index (χ4n) is 7.10. The molecule has 0 saturated heterocycles. The molecule has 16 heteroatoms. The van der Waals surface area contributed by atoms with Gasteiger partial charge in [-0.15, -0.1) is 11.3 Å². The van der Waals surface area contributed by atoms with E-state index in [-0.39, 0.29) is 53.5 Å². The number of rotatable bonds is 19. The quantitative estimate of drug-likeness (QED) is 0.0466. The minimum absolute atomic E-state index is 0.0402. The monoisotopic (exact) mass is 980 g/mol. The summed E-state index contributed by atoms with van der Waals surface area (Å²) >= 11 is 8.40. The van der Waals surface area contributed by atoms with E-state index >= 15 is 0 Å². The van der Waals surface area contributed by atoms with Crippen LogP contribution in [-0.2, 0) is 36.9 Å². The number of benzene rings is 5. The van der Waals surface area contributed by atoms with Gasteiger partial charge in [-0.2, -0.15) is 8.42 Å². The number of carbonyl (C=O) groups excluding carboxylic acids is 1. The number of hydrogen-bond donors (Lipinski definition) is 1. The van der Waals surface area contributed by atoms with Crippen molar-refractivity contribution in [1.82, 2.24) is 9.97 Å². The summed E-state index contributed by atoms with van der Waals surface area (Å²) in [5, 5.41) is 11.3. The molecule has 7 rings (SSSR count). The molecule has 1 N–H and O–H groups in total. The molecule has 12 nitrogen and oxygen atoms in total. The van der Waals surface area contributed by atoms with Gasteiger partial charge in [0.2, 0.25) is 12.0 Å². The van der Waals surface area contributed by atoms with Crippen LogP contribution in [0.5, 0.6) is 28.9 Å². The zero-order chi connectivity index (χ0) is 48.8. The normalized spacial score (nSPS) is 12.6. The molecule has 0 radical (unpaired) electrons. The van der Waals surface area contributed by atoms with Gasteiger partial charge in [0.15, 0.2) is 0 Å². The van der Waals surface area contributed by atoms with Crippen molar-refractivity contribution < 1.29 is 50.6 Å². The van der Waals surface area contributed by atoms with Gasteiger partial charge in [-0.3, -0.25) is 4.18 Å². The van der Waals surface area contributed by atoms with Crippen molar-refractivity contribution in [3.05, 3.63) is 155 Å². The second kappa shape index (κ2) is 21.2. The Morgan fingerprint density at radius 3 is 2.37 bits per heavy atom. The van der Waals surface area contributed by atoms with E-state index in [1.807, 2.05) is 30.3 Å². The molecule has 1 unspecified atom stereocenters. The van der Waals surface area contributed by atoms with Crippen LogP contribution in [0.1, 0.15) is 49.9 Å². The number of fused-ring (bicyclic) bond motifs is 1. The highest BCUT2D eigenvalue weighted by Crippen LogP contribution is 2.49.